The Morgan fingerprint density at radius 3 is 2.75 bits per heavy atom. The second kappa shape index (κ2) is 6.45. The number of anilines is 1. The number of hydrogen-bond acceptors (Lipinski definition) is 4. The zero-order valence-electron chi connectivity index (χ0n) is 12.8. The van der Waals surface area contributed by atoms with Gasteiger partial charge in [0.1, 0.15) is 0 Å². The number of fused-ring (bicyclic) bond motifs is 1. The molecule has 6 heteroatoms. The van der Waals surface area contributed by atoms with E-state index in [1.807, 2.05) is 0 Å². The van der Waals surface area contributed by atoms with E-state index in [4.69, 9.17) is 16.3 Å². The Morgan fingerprint density at radius 1 is 1.21 bits per heavy atom. The van der Waals surface area contributed by atoms with Gasteiger partial charge in [0, 0.05) is 22.7 Å². The van der Waals surface area contributed by atoms with Gasteiger partial charge in [0.2, 0.25) is 0 Å². The molecule has 5 nitrogen and oxygen atoms in total. The Hall–Kier alpha value is -2.66. The van der Waals surface area contributed by atoms with E-state index in [2.05, 4.69) is 5.32 Å². The summed E-state index contributed by atoms with van der Waals surface area (Å²) in [6.45, 7) is 1.45. The second-order valence-electron chi connectivity index (χ2n) is 5.53. The maximum absolute atomic E-state index is 12.4. The molecule has 0 fully saturated rings. The number of halogens is 1. The van der Waals surface area contributed by atoms with Gasteiger partial charge in [-0.05, 0) is 36.8 Å². The molecule has 122 valence electrons. The van der Waals surface area contributed by atoms with Crippen LogP contribution >= 0.6 is 11.6 Å². The minimum Gasteiger partial charge on any atom is -0.448 e. The minimum absolute atomic E-state index is 0.0963. The Kier molecular flexibility index (Phi) is 4.36. The number of carbonyl (C=O) groups excluding carboxylic acids is 3. The third-order valence-electron chi connectivity index (χ3n) is 3.78. The van der Waals surface area contributed by atoms with Crippen molar-refractivity contribution in [2.75, 3.05) is 5.32 Å². The van der Waals surface area contributed by atoms with Crippen LogP contribution in [0.3, 0.4) is 0 Å². The van der Waals surface area contributed by atoms with Gasteiger partial charge < -0.3 is 10.1 Å². The van der Waals surface area contributed by atoms with Gasteiger partial charge in [-0.25, -0.2) is 4.79 Å². The van der Waals surface area contributed by atoms with Crippen LogP contribution in [-0.2, 0) is 16.0 Å². The van der Waals surface area contributed by atoms with Crippen LogP contribution in [0.15, 0.2) is 42.5 Å². The molecule has 1 amide bonds. The van der Waals surface area contributed by atoms with E-state index in [9.17, 15) is 14.4 Å². The van der Waals surface area contributed by atoms with Crippen molar-refractivity contribution in [2.24, 2.45) is 0 Å². The van der Waals surface area contributed by atoms with Crippen LogP contribution in [0.4, 0.5) is 5.69 Å². The van der Waals surface area contributed by atoms with Crippen LogP contribution in [0.1, 0.15) is 33.2 Å². The second-order valence-corrected chi connectivity index (χ2v) is 5.96. The SMILES string of the molecule is CC(=O)c1cccc(NC(=O)[C@H]2Cc3ccc(Cl)cc3C(=O)O2)c1. The van der Waals surface area contributed by atoms with Gasteiger partial charge in [-0.3, -0.25) is 9.59 Å². The number of rotatable bonds is 3. The van der Waals surface area contributed by atoms with Gasteiger partial charge in [0.15, 0.2) is 11.9 Å². The molecule has 1 aliphatic heterocycles. The molecule has 0 spiro atoms. The molecule has 0 aromatic heterocycles. The van der Waals surface area contributed by atoms with E-state index < -0.39 is 18.0 Å². The zero-order valence-corrected chi connectivity index (χ0v) is 13.6. The van der Waals surface area contributed by atoms with Crippen LogP contribution in [-0.4, -0.2) is 23.8 Å². The van der Waals surface area contributed by atoms with Crippen molar-refractivity contribution in [1.82, 2.24) is 0 Å². The summed E-state index contributed by atoms with van der Waals surface area (Å²) in [5.74, 6) is -1.11. The molecule has 0 radical (unpaired) electrons. The lowest BCUT2D eigenvalue weighted by atomic mass is 9.98. The van der Waals surface area contributed by atoms with Crippen molar-refractivity contribution in [3.63, 3.8) is 0 Å². The zero-order chi connectivity index (χ0) is 17.3. The lowest BCUT2D eigenvalue weighted by Gasteiger charge is -2.24. The van der Waals surface area contributed by atoms with E-state index >= 15 is 0 Å². The van der Waals surface area contributed by atoms with Crippen molar-refractivity contribution >= 4 is 34.9 Å². The number of nitrogens with one attached hydrogen (secondary N) is 1. The summed E-state index contributed by atoms with van der Waals surface area (Å²) in [6, 6.07) is 11.5. The largest absolute Gasteiger partial charge is 0.448 e. The first-order chi connectivity index (χ1) is 11.4. The molecule has 0 bridgehead atoms. The van der Waals surface area contributed by atoms with Crippen molar-refractivity contribution in [3.8, 4) is 0 Å². The van der Waals surface area contributed by atoms with Gasteiger partial charge in [0.25, 0.3) is 5.91 Å². The van der Waals surface area contributed by atoms with Crippen LogP contribution in [0.25, 0.3) is 0 Å². The predicted octanol–water partition coefficient (Wildman–Crippen LogP) is 3.26. The Balaban J connectivity index is 1.77. The lowest BCUT2D eigenvalue weighted by Crippen LogP contribution is -2.38. The quantitative estimate of drug-likeness (QED) is 0.685. The minimum atomic E-state index is -0.924. The predicted molar refractivity (Wildman–Crippen MR) is 89.4 cm³/mol. The fourth-order valence-corrected chi connectivity index (χ4v) is 2.71. The van der Waals surface area contributed by atoms with Gasteiger partial charge in [-0.2, -0.15) is 0 Å². The maximum Gasteiger partial charge on any atom is 0.339 e. The smallest absolute Gasteiger partial charge is 0.339 e. The summed E-state index contributed by atoms with van der Waals surface area (Å²) in [5.41, 5.74) is 2.07. The van der Waals surface area contributed by atoms with Crippen LogP contribution < -0.4 is 5.32 Å². The number of esters is 1. The van der Waals surface area contributed by atoms with Gasteiger partial charge in [0.05, 0.1) is 5.56 Å². The van der Waals surface area contributed by atoms with Crippen molar-refractivity contribution in [2.45, 2.75) is 19.4 Å². The summed E-state index contributed by atoms with van der Waals surface area (Å²) in [7, 11) is 0. The molecule has 1 atom stereocenters. The molecule has 0 saturated heterocycles. The Bertz CT molecular complexity index is 847. The Morgan fingerprint density at radius 2 is 2.00 bits per heavy atom. The molecule has 1 N–H and O–H groups in total. The molecule has 2 aromatic rings. The summed E-state index contributed by atoms with van der Waals surface area (Å²) in [6.07, 6.45) is -0.650. The number of ketones is 1. The van der Waals surface area contributed by atoms with Gasteiger partial charge >= 0.3 is 5.97 Å². The van der Waals surface area contributed by atoms with Crippen molar-refractivity contribution in [3.05, 3.63) is 64.2 Å². The molecule has 3 rings (SSSR count). The topological polar surface area (TPSA) is 72.5 Å². The number of benzene rings is 2. The average molecular weight is 344 g/mol. The summed E-state index contributed by atoms with van der Waals surface area (Å²) >= 11 is 5.87. The van der Waals surface area contributed by atoms with E-state index in [0.29, 0.717) is 27.4 Å². The number of hydrogen-bond donors (Lipinski definition) is 1. The third kappa shape index (κ3) is 3.31. The summed E-state index contributed by atoms with van der Waals surface area (Å²) < 4.78 is 5.20. The molecule has 0 aliphatic carbocycles. The molecule has 1 aliphatic rings. The van der Waals surface area contributed by atoms with Crippen LogP contribution in [0.5, 0.6) is 0 Å². The van der Waals surface area contributed by atoms with Gasteiger partial charge in [-0.15, -0.1) is 0 Å². The molecule has 1 heterocycles. The highest BCUT2D eigenvalue weighted by Crippen LogP contribution is 2.25. The fourth-order valence-electron chi connectivity index (χ4n) is 2.54. The highest BCUT2D eigenvalue weighted by Gasteiger charge is 2.31. The fraction of sp³-hybridized carbons (Fsp3) is 0.167. The highest BCUT2D eigenvalue weighted by atomic mass is 35.5. The van der Waals surface area contributed by atoms with Crippen molar-refractivity contribution < 1.29 is 19.1 Å². The summed E-state index contributed by atoms with van der Waals surface area (Å²) in [5, 5.41) is 3.11. The van der Waals surface area contributed by atoms with E-state index in [-0.39, 0.29) is 12.2 Å². The van der Waals surface area contributed by atoms with Crippen LogP contribution in [0, 0.1) is 0 Å². The molecule has 0 saturated carbocycles. The van der Waals surface area contributed by atoms with E-state index in [1.54, 1.807) is 36.4 Å². The molecule has 2 aromatic carbocycles. The van der Waals surface area contributed by atoms with E-state index in [1.165, 1.54) is 13.0 Å². The Labute approximate surface area is 143 Å². The summed E-state index contributed by atoms with van der Waals surface area (Å²) in [4.78, 5) is 35.8. The van der Waals surface area contributed by atoms with E-state index in [0.717, 1.165) is 0 Å². The van der Waals surface area contributed by atoms with Gasteiger partial charge in [-0.1, -0.05) is 29.8 Å². The molecular formula is C18H14ClNO4. The average Bonchev–Trinajstić information content (AvgIpc) is 2.55. The monoisotopic (exact) mass is 343 g/mol. The maximum atomic E-state index is 12.4. The molecule has 0 unspecified atom stereocenters. The standard InChI is InChI=1S/C18H14ClNO4/c1-10(21)11-3-2-4-14(7-11)20-17(22)16-8-12-5-6-13(19)9-15(12)18(23)24-16/h2-7,9,16H,8H2,1H3,(H,20,22)/t16-/m1/s1. The number of cyclic esters (lactones) is 1. The lowest BCUT2D eigenvalue weighted by molar-refractivity contribution is -0.125. The first kappa shape index (κ1) is 16.2. The van der Waals surface area contributed by atoms with Crippen molar-refractivity contribution in [1.29, 1.82) is 0 Å². The first-order valence-electron chi connectivity index (χ1n) is 7.35. The normalized spacial score (nSPS) is 16.1. The molecular weight excluding hydrogens is 330 g/mol. The highest BCUT2D eigenvalue weighted by molar-refractivity contribution is 6.31. The van der Waals surface area contributed by atoms with Crippen LogP contribution in [0.2, 0.25) is 5.02 Å². The number of amides is 1. The first-order valence-corrected chi connectivity index (χ1v) is 7.73. The number of carbonyl (C=O) groups is 3. The molecule has 24 heavy (non-hydrogen) atoms. The number of Topliss-reactive ketones (excluding diaryl/α,β-unsaturated/α-hetero) is 1. The third-order valence-corrected chi connectivity index (χ3v) is 4.01. The number of ether oxygens (including phenoxy) is 1.